The highest BCUT2D eigenvalue weighted by atomic mass is 32.1. The maximum Gasteiger partial charge on any atom is 0.228 e. The first-order valence-electron chi connectivity index (χ1n) is 7.96. The second-order valence-electron chi connectivity index (χ2n) is 6.37. The molecule has 122 valence electrons. The number of aryl methyl sites for hydroxylation is 1. The van der Waals surface area contributed by atoms with Gasteiger partial charge in [0.15, 0.2) is 0 Å². The van der Waals surface area contributed by atoms with Crippen molar-refractivity contribution >= 4 is 17.2 Å². The van der Waals surface area contributed by atoms with Gasteiger partial charge in [0.1, 0.15) is 5.01 Å². The second kappa shape index (κ2) is 6.81. The summed E-state index contributed by atoms with van der Waals surface area (Å²) in [6, 6.07) is 8.24. The van der Waals surface area contributed by atoms with E-state index < -0.39 is 0 Å². The van der Waals surface area contributed by atoms with E-state index in [9.17, 15) is 9.90 Å². The van der Waals surface area contributed by atoms with Crippen molar-refractivity contribution in [1.29, 1.82) is 0 Å². The van der Waals surface area contributed by atoms with Gasteiger partial charge in [0.05, 0.1) is 18.2 Å². The lowest BCUT2D eigenvalue weighted by Crippen LogP contribution is -2.36. The number of likely N-dealkylation sites (N-methyl/N-ethyl adjacent to an activating group) is 1. The summed E-state index contributed by atoms with van der Waals surface area (Å²) in [5.74, 6) is 0.392. The van der Waals surface area contributed by atoms with E-state index in [2.05, 4.69) is 36.2 Å². The standard InChI is InChI=1S/C18H22N2O2S/c1-12-3-5-14(6-4-12)18-19-15(11-23-18)9-17(22)20(2)10-16(21)13-7-8-13/h3-6,11,13,16,21H,7-10H2,1-2H3. The lowest BCUT2D eigenvalue weighted by atomic mass is 10.2. The zero-order valence-electron chi connectivity index (χ0n) is 13.5. The van der Waals surface area contributed by atoms with Crippen molar-refractivity contribution in [1.82, 2.24) is 9.88 Å². The van der Waals surface area contributed by atoms with Gasteiger partial charge in [0.2, 0.25) is 5.91 Å². The van der Waals surface area contributed by atoms with E-state index in [-0.39, 0.29) is 18.4 Å². The van der Waals surface area contributed by atoms with E-state index in [1.807, 2.05) is 5.38 Å². The Hall–Kier alpha value is -1.72. The molecule has 1 unspecified atom stereocenters. The molecule has 1 atom stereocenters. The normalized spacial score (nSPS) is 15.4. The molecule has 23 heavy (non-hydrogen) atoms. The molecule has 5 heteroatoms. The lowest BCUT2D eigenvalue weighted by Gasteiger charge is -2.20. The third kappa shape index (κ3) is 4.18. The molecule has 0 saturated heterocycles. The Kier molecular flexibility index (Phi) is 4.78. The number of benzene rings is 1. The van der Waals surface area contributed by atoms with Gasteiger partial charge in [0.25, 0.3) is 0 Å². The third-order valence-corrected chi connectivity index (χ3v) is 5.18. The summed E-state index contributed by atoms with van der Waals surface area (Å²) < 4.78 is 0. The second-order valence-corrected chi connectivity index (χ2v) is 7.22. The summed E-state index contributed by atoms with van der Waals surface area (Å²) in [6.07, 6.45) is 2.06. The van der Waals surface area contributed by atoms with Crippen LogP contribution in [-0.4, -0.2) is 40.6 Å². The van der Waals surface area contributed by atoms with Crippen LogP contribution in [0.1, 0.15) is 24.1 Å². The monoisotopic (exact) mass is 330 g/mol. The SMILES string of the molecule is Cc1ccc(-c2nc(CC(=O)N(C)CC(O)C3CC3)cs2)cc1. The van der Waals surface area contributed by atoms with Crippen LogP contribution in [0.3, 0.4) is 0 Å². The number of thiazole rings is 1. The Bertz CT molecular complexity index is 677. The number of rotatable bonds is 6. The van der Waals surface area contributed by atoms with Crippen molar-refractivity contribution in [3.8, 4) is 10.6 Å². The number of nitrogens with zero attached hydrogens (tertiary/aromatic N) is 2. The average molecular weight is 330 g/mol. The molecular formula is C18H22N2O2S. The van der Waals surface area contributed by atoms with E-state index in [1.54, 1.807) is 23.3 Å². The molecular weight excluding hydrogens is 308 g/mol. The molecule has 1 amide bonds. The molecule has 0 aliphatic heterocycles. The maximum atomic E-state index is 12.3. The average Bonchev–Trinajstić information content (AvgIpc) is 3.28. The van der Waals surface area contributed by atoms with Crippen LogP contribution in [0.4, 0.5) is 0 Å². The number of aliphatic hydroxyl groups is 1. The predicted octanol–water partition coefficient (Wildman–Crippen LogP) is 2.89. The van der Waals surface area contributed by atoms with Crippen molar-refractivity contribution in [2.24, 2.45) is 5.92 Å². The molecule has 1 aliphatic rings. The van der Waals surface area contributed by atoms with E-state index in [0.29, 0.717) is 12.5 Å². The first kappa shape index (κ1) is 16.1. The van der Waals surface area contributed by atoms with Crippen molar-refractivity contribution in [2.45, 2.75) is 32.3 Å². The molecule has 2 aromatic rings. The summed E-state index contributed by atoms with van der Waals surface area (Å²) >= 11 is 1.56. The molecule has 1 aromatic carbocycles. The van der Waals surface area contributed by atoms with Crippen LogP contribution >= 0.6 is 11.3 Å². The molecule has 0 radical (unpaired) electrons. The van der Waals surface area contributed by atoms with Crippen molar-refractivity contribution < 1.29 is 9.90 Å². The van der Waals surface area contributed by atoms with Crippen LogP contribution < -0.4 is 0 Å². The van der Waals surface area contributed by atoms with Gasteiger partial charge in [-0.2, -0.15) is 0 Å². The number of carbonyl (C=O) groups excluding carboxylic acids is 1. The maximum absolute atomic E-state index is 12.3. The van der Waals surface area contributed by atoms with Gasteiger partial charge in [-0.05, 0) is 25.7 Å². The Labute approximate surface area is 140 Å². The van der Waals surface area contributed by atoms with Crippen LogP contribution in [-0.2, 0) is 11.2 Å². The number of aliphatic hydroxyl groups excluding tert-OH is 1. The minimum Gasteiger partial charge on any atom is -0.391 e. The molecule has 4 nitrogen and oxygen atoms in total. The highest BCUT2D eigenvalue weighted by Gasteiger charge is 2.31. The van der Waals surface area contributed by atoms with Crippen molar-refractivity contribution in [3.63, 3.8) is 0 Å². The summed E-state index contributed by atoms with van der Waals surface area (Å²) in [4.78, 5) is 18.4. The Morgan fingerprint density at radius 2 is 2.09 bits per heavy atom. The summed E-state index contributed by atoms with van der Waals surface area (Å²) in [6.45, 7) is 2.47. The van der Waals surface area contributed by atoms with Crippen LogP contribution in [0, 0.1) is 12.8 Å². The quantitative estimate of drug-likeness (QED) is 0.886. The van der Waals surface area contributed by atoms with Gasteiger partial charge in [0, 0.05) is 24.5 Å². The number of aromatic nitrogens is 1. The van der Waals surface area contributed by atoms with Crippen LogP contribution in [0.25, 0.3) is 10.6 Å². The smallest absolute Gasteiger partial charge is 0.228 e. The zero-order chi connectivity index (χ0) is 16.4. The van der Waals surface area contributed by atoms with Gasteiger partial charge < -0.3 is 10.0 Å². The fourth-order valence-corrected chi connectivity index (χ4v) is 3.35. The van der Waals surface area contributed by atoms with Gasteiger partial charge in [-0.15, -0.1) is 11.3 Å². The molecule has 0 bridgehead atoms. The summed E-state index contributed by atoms with van der Waals surface area (Å²) in [5, 5.41) is 12.8. The predicted molar refractivity (Wildman–Crippen MR) is 92.4 cm³/mol. The first-order chi connectivity index (χ1) is 11.0. The van der Waals surface area contributed by atoms with E-state index in [4.69, 9.17) is 0 Å². The third-order valence-electron chi connectivity index (χ3n) is 4.24. The molecule has 1 saturated carbocycles. The number of carbonyl (C=O) groups is 1. The van der Waals surface area contributed by atoms with Crippen molar-refractivity contribution in [2.75, 3.05) is 13.6 Å². The van der Waals surface area contributed by atoms with Crippen LogP contribution in [0.5, 0.6) is 0 Å². The van der Waals surface area contributed by atoms with Crippen LogP contribution in [0.15, 0.2) is 29.6 Å². The topological polar surface area (TPSA) is 53.4 Å². The number of amides is 1. The molecule has 1 aromatic heterocycles. The van der Waals surface area contributed by atoms with E-state index in [0.717, 1.165) is 29.1 Å². The summed E-state index contributed by atoms with van der Waals surface area (Å²) in [7, 11) is 1.75. The number of hydrogen-bond donors (Lipinski definition) is 1. The molecule has 1 fully saturated rings. The van der Waals surface area contributed by atoms with Crippen molar-refractivity contribution in [3.05, 3.63) is 40.9 Å². The van der Waals surface area contributed by atoms with Gasteiger partial charge in [-0.1, -0.05) is 29.8 Å². The number of hydrogen-bond acceptors (Lipinski definition) is 4. The molecule has 1 aliphatic carbocycles. The highest BCUT2D eigenvalue weighted by molar-refractivity contribution is 7.13. The highest BCUT2D eigenvalue weighted by Crippen LogP contribution is 2.32. The zero-order valence-corrected chi connectivity index (χ0v) is 14.3. The Morgan fingerprint density at radius 3 is 2.74 bits per heavy atom. The summed E-state index contributed by atoms with van der Waals surface area (Å²) in [5.41, 5.74) is 3.09. The molecule has 0 spiro atoms. The van der Waals surface area contributed by atoms with Gasteiger partial charge in [-0.25, -0.2) is 4.98 Å². The molecule has 3 rings (SSSR count). The van der Waals surface area contributed by atoms with E-state index >= 15 is 0 Å². The molecule has 1 heterocycles. The molecule has 1 N–H and O–H groups in total. The van der Waals surface area contributed by atoms with E-state index in [1.165, 1.54) is 5.56 Å². The Morgan fingerprint density at radius 1 is 1.39 bits per heavy atom. The fraction of sp³-hybridized carbons (Fsp3) is 0.444. The minimum absolute atomic E-state index is 0.00505. The lowest BCUT2D eigenvalue weighted by molar-refractivity contribution is -0.130. The first-order valence-corrected chi connectivity index (χ1v) is 8.84. The van der Waals surface area contributed by atoms with Gasteiger partial charge in [-0.3, -0.25) is 4.79 Å². The Balaban J connectivity index is 1.59. The van der Waals surface area contributed by atoms with Crippen LogP contribution in [0.2, 0.25) is 0 Å². The largest absolute Gasteiger partial charge is 0.391 e. The van der Waals surface area contributed by atoms with Gasteiger partial charge >= 0.3 is 0 Å². The fourth-order valence-electron chi connectivity index (χ4n) is 2.52. The minimum atomic E-state index is -0.387.